The first-order valence-electron chi connectivity index (χ1n) is 4.97. The van der Waals surface area contributed by atoms with Crippen LogP contribution in [-0.2, 0) is 9.59 Å². The maximum Gasteiger partial charge on any atom is 0.307 e. The molecule has 0 aromatic carbocycles. The maximum absolute atomic E-state index is 11.6. The molecule has 2 atom stereocenters. The standard InChI is InChI=1S/C10H15N3O3/c1-5-4-8(13-12-5)11-9(14)6(2)7(3)10(15)16/h4,6-7H,1-3H3,(H,15,16)(H2,11,12,13,14). The molecule has 2 unspecified atom stereocenters. The number of aryl methyl sites for hydroxylation is 1. The van der Waals surface area contributed by atoms with Crippen LogP contribution in [0.25, 0.3) is 0 Å². The molecule has 1 aromatic heterocycles. The van der Waals surface area contributed by atoms with Crippen LogP contribution < -0.4 is 5.32 Å². The highest BCUT2D eigenvalue weighted by atomic mass is 16.4. The summed E-state index contributed by atoms with van der Waals surface area (Å²) in [6, 6.07) is 1.68. The van der Waals surface area contributed by atoms with Crippen LogP contribution in [0.5, 0.6) is 0 Å². The Bertz CT molecular complexity index is 400. The van der Waals surface area contributed by atoms with E-state index in [1.54, 1.807) is 13.0 Å². The second kappa shape index (κ2) is 4.78. The first-order chi connectivity index (χ1) is 7.41. The van der Waals surface area contributed by atoms with E-state index >= 15 is 0 Å². The van der Waals surface area contributed by atoms with Gasteiger partial charge >= 0.3 is 5.97 Å². The van der Waals surface area contributed by atoms with Crippen LogP contribution in [0.3, 0.4) is 0 Å². The van der Waals surface area contributed by atoms with Gasteiger partial charge in [-0.2, -0.15) is 5.10 Å². The van der Waals surface area contributed by atoms with Gasteiger partial charge in [0.1, 0.15) is 0 Å². The third-order valence-electron chi connectivity index (χ3n) is 2.51. The number of carboxylic acid groups (broad SMARTS) is 1. The molecule has 0 saturated heterocycles. The SMILES string of the molecule is Cc1cc(NC(=O)C(C)C(C)C(=O)O)n[nH]1. The molecule has 0 aliphatic rings. The molecule has 3 N–H and O–H groups in total. The number of nitrogens with zero attached hydrogens (tertiary/aromatic N) is 1. The summed E-state index contributed by atoms with van der Waals surface area (Å²) >= 11 is 0. The third-order valence-corrected chi connectivity index (χ3v) is 2.51. The normalized spacial score (nSPS) is 14.2. The molecule has 88 valence electrons. The second-order valence-electron chi connectivity index (χ2n) is 3.84. The molecule has 1 amide bonds. The van der Waals surface area contributed by atoms with Crippen LogP contribution in [0.4, 0.5) is 5.82 Å². The minimum Gasteiger partial charge on any atom is -0.481 e. The van der Waals surface area contributed by atoms with Crippen LogP contribution in [0.1, 0.15) is 19.5 Å². The lowest BCUT2D eigenvalue weighted by atomic mass is 9.95. The van der Waals surface area contributed by atoms with Crippen molar-refractivity contribution in [2.24, 2.45) is 11.8 Å². The van der Waals surface area contributed by atoms with Crippen LogP contribution in [0.15, 0.2) is 6.07 Å². The molecule has 6 heteroatoms. The van der Waals surface area contributed by atoms with Crippen molar-refractivity contribution in [1.29, 1.82) is 0 Å². The number of hydrogen-bond donors (Lipinski definition) is 3. The van der Waals surface area contributed by atoms with E-state index in [2.05, 4.69) is 15.5 Å². The first-order valence-corrected chi connectivity index (χ1v) is 4.97. The molecule has 1 heterocycles. The summed E-state index contributed by atoms with van der Waals surface area (Å²) in [5.41, 5.74) is 0.828. The van der Waals surface area contributed by atoms with Crippen molar-refractivity contribution in [2.75, 3.05) is 5.32 Å². The predicted molar refractivity (Wildman–Crippen MR) is 57.9 cm³/mol. The molecule has 1 aromatic rings. The number of H-pyrrole nitrogens is 1. The van der Waals surface area contributed by atoms with E-state index in [-0.39, 0.29) is 5.91 Å². The van der Waals surface area contributed by atoms with E-state index in [0.717, 1.165) is 5.69 Å². The predicted octanol–water partition coefficient (Wildman–Crippen LogP) is 1.01. The third kappa shape index (κ3) is 2.82. The number of aliphatic carboxylic acids is 1. The fraction of sp³-hybridized carbons (Fsp3) is 0.500. The van der Waals surface area contributed by atoms with Crippen molar-refractivity contribution in [3.63, 3.8) is 0 Å². The molecule has 0 bridgehead atoms. The molecule has 0 spiro atoms. The van der Waals surface area contributed by atoms with E-state index in [4.69, 9.17) is 5.11 Å². The van der Waals surface area contributed by atoms with Gasteiger partial charge in [0.2, 0.25) is 5.91 Å². The number of nitrogens with one attached hydrogen (secondary N) is 2. The Morgan fingerprint density at radius 2 is 2.06 bits per heavy atom. The van der Waals surface area contributed by atoms with Gasteiger partial charge in [-0.25, -0.2) is 0 Å². The Balaban J connectivity index is 2.62. The number of carbonyl (C=O) groups excluding carboxylic acids is 1. The Morgan fingerprint density at radius 3 is 2.50 bits per heavy atom. The van der Waals surface area contributed by atoms with Crippen molar-refractivity contribution in [2.45, 2.75) is 20.8 Å². The molecular formula is C10H15N3O3. The average Bonchev–Trinajstić information content (AvgIpc) is 2.61. The molecule has 1 rings (SSSR count). The zero-order valence-electron chi connectivity index (χ0n) is 9.44. The van der Waals surface area contributed by atoms with Gasteiger partial charge in [0, 0.05) is 17.7 Å². The minimum absolute atomic E-state index is 0.346. The van der Waals surface area contributed by atoms with E-state index in [1.807, 2.05) is 6.92 Å². The Labute approximate surface area is 93.1 Å². The largest absolute Gasteiger partial charge is 0.481 e. The molecular weight excluding hydrogens is 210 g/mol. The lowest BCUT2D eigenvalue weighted by molar-refractivity contribution is -0.145. The van der Waals surface area contributed by atoms with Crippen LogP contribution >= 0.6 is 0 Å². The number of aromatic nitrogens is 2. The first kappa shape index (κ1) is 12.2. The smallest absolute Gasteiger partial charge is 0.307 e. The highest BCUT2D eigenvalue weighted by Crippen LogP contribution is 2.14. The fourth-order valence-electron chi connectivity index (χ4n) is 1.16. The molecule has 6 nitrogen and oxygen atoms in total. The van der Waals surface area contributed by atoms with Gasteiger partial charge in [0.05, 0.1) is 5.92 Å². The van der Waals surface area contributed by atoms with Crippen molar-refractivity contribution >= 4 is 17.7 Å². The fourth-order valence-corrected chi connectivity index (χ4v) is 1.16. The van der Waals surface area contributed by atoms with Crippen molar-refractivity contribution < 1.29 is 14.7 Å². The number of carbonyl (C=O) groups is 2. The maximum atomic E-state index is 11.6. The summed E-state index contributed by atoms with van der Waals surface area (Å²) in [7, 11) is 0. The molecule has 0 radical (unpaired) electrons. The zero-order valence-corrected chi connectivity index (χ0v) is 9.44. The Hall–Kier alpha value is -1.85. The molecule has 0 aliphatic heterocycles. The molecule has 0 saturated carbocycles. The second-order valence-corrected chi connectivity index (χ2v) is 3.84. The quantitative estimate of drug-likeness (QED) is 0.712. The van der Waals surface area contributed by atoms with Gasteiger partial charge in [0.15, 0.2) is 5.82 Å². The average molecular weight is 225 g/mol. The van der Waals surface area contributed by atoms with Gasteiger partial charge in [0.25, 0.3) is 0 Å². The van der Waals surface area contributed by atoms with Crippen LogP contribution in [0, 0.1) is 18.8 Å². The van der Waals surface area contributed by atoms with Gasteiger partial charge in [-0.3, -0.25) is 14.7 Å². The lowest BCUT2D eigenvalue weighted by Gasteiger charge is -2.14. The lowest BCUT2D eigenvalue weighted by Crippen LogP contribution is -2.30. The van der Waals surface area contributed by atoms with E-state index in [9.17, 15) is 9.59 Å². The van der Waals surface area contributed by atoms with Crippen molar-refractivity contribution in [3.05, 3.63) is 11.8 Å². The summed E-state index contributed by atoms with van der Waals surface area (Å²) in [5, 5.41) is 17.8. The summed E-state index contributed by atoms with van der Waals surface area (Å²) in [5.74, 6) is -2.25. The van der Waals surface area contributed by atoms with E-state index in [1.165, 1.54) is 6.92 Å². The minimum atomic E-state index is -0.985. The van der Waals surface area contributed by atoms with Gasteiger partial charge in [-0.05, 0) is 6.92 Å². The number of amides is 1. The zero-order chi connectivity index (χ0) is 12.3. The van der Waals surface area contributed by atoms with Crippen molar-refractivity contribution in [3.8, 4) is 0 Å². The number of anilines is 1. The summed E-state index contributed by atoms with van der Waals surface area (Å²) < 4.78 is 0. The Kier molecular flexibility index (Phi) is 3.65. The van der Waals surface area contributed by atoms with E-state index < -0.39 is 17.8 Å². The van der Waals surface area contributed by atoms with Gasteiger partial charge < -0.3 is 10.4 Å². The van der Waals surface area contributed by atoms with Gasteiger partial charge in [-0.1, -0.05) is 13.8 Å². The van der Waals surface area contributed by atoms with Gasteiger partial charge in [-0.15, -0.1) is 0 Å². The number of hydrogen-bond acceptors (Lipinski definition) is 3. The molecule has 0 aliphatic carbocycles. The van der Waals surface area contributed by atoms with Crippen LogP contribution in [0.2, 0.25) is 0 Å². The number of carboxylic acids is 1. The van der Waals surface area contributed by atoms with E-state index in [0.29, 0.717) is 5.82 Å². The number of rotatable bonds is 4. The Morgan fingerprint density at radius 1 is 1.44 bits per heavy atom. The van der Waals surface area contributed by atoms with Crippen molar-refractivity contribution in [1.82, 2.24) is 10.2 Å². The monoisotopic (exact) mass is 225 g/mol. The number of aromatic amines is 1. The molecule has 16 heavy (non-hydrogen) atoms. The summed E-state index contributed by atoms with van der Waals surface area (Å²) in [6.07, 6.45) is 0. The van der Waals surface area contributed by atoms with Crippen LogP contribution in [-0.4, -0.2) is 27.2 Å². The highest BCUT2D eigenvalue weighted by molar-refractivity contribution is 5.94. The molecule has 0 fully saturated rings. The summed E-state index contributed by atoms with van der Waals surface area (Å²) in [6.45, 7) is 4.89. The summed E-state index contributed by atoms with van der Waals surface area (Å²) in [4.78, 5) is 22.3. The topological polar surface area (TPSA) is 95.1 Å². The highest BCUT2D eigenvalue weighted by Gasteiger charge is 2.26.